The molecule has 0 fully saturated rings. The molecule has 0 atom stereocenters. The first-order valence-electron chi connectivity index (χ1n) is 8.44. The van der Waals surface area contributed by atoms with E-state index < -0.39 is 11.8 Å². The van der Waals surface area contributed by atoms with Crippen LogP contribution in [0.4, 0.5) is 0 Å². The second-order valence-electron chi connectivity index (χ2n) is 6.11. The van der Waals surface area contributed by atoms with Crippen LogP contribution in [-0.2, 0) is 6.54 Å². The smallest absolute Gasteiger partial charge is 0.273 e. The summed E-state index contributed by atoms with van der Waals surface area (Å²) >= 11 is 0. The number of para-hydroxylation sites is 1. The van der Waals surface area contributed by atoms with Crippen molar-refractivity contribution in [2.24, 2.45) is 0 Å². The number of phenols is 1. The number of amides is 2. The summed E-state index contributed by atoms with van der Waals surface area (Å²) in [4.78, 5) is 24.6. The van der Waals surface area contributed by atoms with Gasteiger partial charge in [0.2, 0.25) is 0 Å². The highest BCUT2D eigenvalue weighted by molar-refractivity contribution is 6.01. The lowest BCUT2D eigenvalue weighted by atomic mass is 10.2. The van der Waals surface area contributed by atoms with Crippen molar-refractivity contribution in [1.29, 1.82) is 0 Å². The number of benzene rings is 2. The van der Waals surface area contributed by atoms with E-state index in [1.807, 2.05) is 37.3 Å². The van der Waals surface area contributed by atoms with Crippen molar-refractivity contribution in [2.75, 3.05) is 0 Å². The van der Waals surface area contributed by atoms with Crippen LogP contribution < -0.4 is 10.9 Å². The minimum atomic E-state index is -0.603. The van der Waals surface area contributed by atoms with Gasteiger partial charge in [-0.25, -0.2) is 0 Å². The Bertz CT molecular complexity index is 980. The van der Waals surface area contributed by atoms with Crippen LogP contribution in [0.25, 0.3) is 0 Å². The highest BCUT2D eigenvalue weighted by Crippen LogP contribution is 2.16. The summed E-state index contributed by atoms with van der Waals surface area (Å²) in [5, 5.41) is 14.1. The lowest BCUT2D eigenvalue weighted by Crippen LogP contribution is -2.42. The van der Waals surface area contributed by atoms with Crippen LogP contribution >= 0.6 is 0 Å². The number of carbonyl (C=O) groups excluding carboxylic acids is 2. The number of rotatable bonds is 4. The van der Waals surface area contributed by atoms with Crippen molar-refractivity contribution < 1.29 is 14.7 Å². The standard InChI is InChI=1S/C20H20N4O3/c1-13-18(14(2)24(23-13)12-15-8-4-3-5-9-15)20(27)22-21-19(26)16-10-6-7-11-17(16)25/h3-11,25H,12H2,1-2H3,(H,21,26)(H,22,27). The zero-order valence-electron chi connectivity index (χ0n) is 15.1. The maximum atomic E-state index is 12.5. The molecule has 0 aliphatic heterocycles. The highest BCUT2D eigenvalue weighted by Gasteiger charge is 2.20. The van der Waals surface area contributed by atoms with E-state index in [4.69, 9.17) is 0 Å². The van der Waals surface area contributed by atoms with Gasteiger partial charge in [0, 0.05) is 5.69 Å². The van der Waals surface area contributed by atoms with Crippen LogP contribution in [0.5, 0.6) is 5.75 Å². The molecule has 3 rings (SSSR count). The first kappa shape index (κ1) is 18.2. The van der Waals surface area contributed by atoms with Gasteiger partial charge in [0.05, 0.1) is 23.4 Å². The Morgan fingerprint density at radius 2 is 1.59 bits per heavy atom. The van der Waals surface area contributed by atoms with Crippen LogP contribution in [0.15, 0.2) is 54.6 Å². The fourth-order valence-electron chi connectivity index (χ4n) is 2.84. The number of hydrogen-bond donors (Lipinski definition) is 3. The molecule has 0 radical (unpaired) electrons. The molecule has 1 aromatic heterocycles. The molecule has 0 saturated carbocycles. The van der Waals surface area contributed by atoms with Crippen LogP contribution in [0, 0.1) is 13.8 Å². The molecule has 2 aromatic carbocycles. The summed E-state index contributed by atoms with van der Waals surface area (Å²) in [5.74, 6) is -1.23. The quantitative estimate of drug-likeness (QED) is 0.619. The van der Waals surface area contributed by atoms with Gasteiger partial charge in [-0.15, -0.1) is 0 Å². The van der Waals surface area contributed by atoms with Gasteiger partial charge in [0.15, 0.2) is 0 Å². The third-order valence-electron chi connectivity index (χ3n) is 4.22. The van der Waals surface area contributed by atoms with E-state index in [0.717, 1.165) is 5.56 Å². The van der Waals surface area contributed by atoms with E-state index in [1.165, 1.54) is 12.1 Å². The Morgan fingerprint density at radius 1 is 0.963 bits per heavy atom. The predicted molar refractivity (Wildman–Crippen MR) is 100 cm³/mol. The number of carbonyl (C=O) groups is 2. The van der Waals surface area contributed by atoms with Crippen molar-refractivity contribution in [3.05, 3.63) is 82.7 Å². The molecular formula is C20H20N4O3. The first-order chi connectivity index (χ1) is 13.0. The largest absolute Gasteiger partial charge is 0.507 e. The third-order valence-corrected chi connectivity index (χ3v) is 4.22. The fourth-order valence-corrected chi connectivity index (χ4v) is 2.84. The maximum Gasteiger partial charge on any atom is 0.273 e. The second-order valence-corrected chi connectivity index (χ2v) is 6.11. The number of aromatic hydroxyl groups is 1. The first-order valence-corrected chi connectivity index (χ1v) is 8.44. The Hall–Kier alpha value is -3.61. The molecule has 138 valence electrons. The van der Waals surface area contributed by atoms with Crippen molar-refractivity contribution >= 4 is 11.8 Å². The minimum Gasteiger partial charge on any atom is -0.507 e. The van der Waals surface area contributed by atoms with Crippen molar-refractivity contribution in [2.45, 2.75) is 20.4 Å². The molecule has 7 heteroatoms. The number of hydrazine groups is 1. The normalized spacial score (nSPS) is 10.4. The number of aromatic nitrogens is 2. The molecular weight excluding hydrogens is 344 g/mol. The van der Waals surface area contributed by atoms with Crippen molar-refractivity contribution in [3.8, 4) is 5.75 Å². The van der Waals surface area contributed by atoms with Crippen LogP contribution in [-0.4, -0.2) is 26.7 Å². The van der Waals surface area contributed by atoms with Gasteiger partial charge in [0.1, 0.15) is 5.75 Å². The lowest BCUT2D eigenvalue weighted by molar-refractivity contribution is 0.0844. The average molecular weight is 364 g/mol. The van der Waals surface area contributed by atoms with Gasteiger partial charge in [-0.1, -0.05) is 42.5 Å². The van der Waals surface area contributed by atoms with E-state index in [1.54, 1.807) is 23.7 Å². The average Bonchev–Trinajstić information content (AvgIpc) is 2.94. The molecule has 2 amide bonds. The van der Waals surface area contributed by atoms with Gasteiger partial charge in [-0.3, -0.25) is 25.1 Å². The number of phenolic OH excluding ortho intramolecular Hbond substituents is 1. The monoisotopic (exact) mass is 364 g/mol. The van der Waals surface area contributed by atoms with E-state index >= 15 is 0 Å². The van der Waals surface area contributed by atoms with E-state index in [9.17, 15) is 14.7 Å². The Balaban J connectivity index is 1.72. The Morgan fingerprint density at radius 3 is 2.30 bits per heavy atom. The zero-order valence-corrected chi connectivity index (χ0v) is 15.1. The van der Waals surface area contributed by atoms with Crippen molar-refractivity contribution in [1.82, 2.24) is 20.6 Å². The van der Waals surface area contributed by atoms with Crippen LogP contribution in [0.1, 0.15) is 37.7 Å². The molecule has 3 aromatic rings. The number of hydrogen-bond acceptors (Lipinski definition) is 4. The van der Waals surface area contributed by atoms with E-state index in [2.05, 4.69) is 16.0 Å². The van der Waals surface area contributed by atoms with Crippen LogP contribution in [0.3, 0.4) is 0 Å². The minimum absolute atomic E-state index is 0.0750. The Kier molecular flexibility index (Phi) is 5.21. The number of nitrogens with one attached hydrogen (secondary N) is 2. The van der Waals surface area contributed by atoms with Crippen molar-refractivity contribution in [3.63, 3.8) is 0 Å². The molecule has 0 aliphatic carbocycles. The second kappa shape index (κ2) is 7.74. The lowest BCUT2D eigenvalue weighted by Gasteiger charge is -2.09. The van der Waals surface area contributed by atoms with Crippen LogP contribution in [0.2, 0.25) is 0 Å². The summed E-state index contributed by atoms with van der Waals surface area (Å²) in [6, 6.07) is 15.9. The van der Waals surface area contributed by atoms with Gasteiger partial charge in [-0.2, -0.15) is 5.10 Å². The molecule has 7 nitrogen and oxygen atoms in total. The van der Waals surface area contributed by atoms with E-state index in [0.29, 0.717) is 23.5 Å². The summed E-state index contributed by atoms with van der Waals surface area (Å²) in [5.41, 5.74) is 7.52. The number of nitrogens with zero attached hydrogens (tertiary/aromatic N) is 2. The third kappa shape index (κ3) is 3.98. The van der Waals surface area contributed by atoms with Gasteiger partial charge in [-0.05, 0) is 31.5 Å². The number of aryl methyl sites for hydroxylation is 1. The maximum absolute atomic E-state index is 12.5. The molecule has 27 heavy (non-hydrogen) atoms. The molecule has 0 spiro atoms. The zero-order chi connectivity index (χ0) is 19.4. The summed E-state index contributed by atoms with van der Waals surface area (Å²) in [6.45, 7) is 4.10. The SMILES string of the molecule is Cc1nn(Cc2ccccc2)c(C)c1C(=O)NNC(=O)c1ccccc1O. The van der Waals surface area contributed by atoms with Gasteiger partial charge < -0.3 is 5.11 Å². The molecule has 0 bridgehead atoms. The highest BCUT2D eigenvalue weighted by atomic mass is 16.3. The molecule has 0 aliphatic rings. The summed E-state index contributed by atoms with van der Waals surface area (Å²) < 4.78 is 1.75. The molecule has 1 heterocycles. The molecule has 3 N–H and O–H groups in total. The summed E-state index contributed by atoms with van der Waals surface area (Å²) in [7, 11) is 0. The molecule has 0 saturated heterocycles. The predicted octanol–water partition coefficient (Wildman–Crippen LogP) is 2.33. The Labute approximate surface area is 156 Å². The van der Waals surface area contributed by atoms with Gasteiger partial charge >= 0.3 is 0 Å². The molecule has 0 unspecified atom stereocenters. The topological polar surface area (TPSA) is 96.3 Å². The fraction of sp³-hybridized carbons (Fsp3) is 0.150. The van der Waals surface area contributed by atoms with Gasteiger partial charge in [0.25, 0.3) is 11.8 Å². The van der Waals surface area contributed by atoms with E-state index in [-0.39, 0.29) is 11.3 Å². The summed E-state index contributed by atoms with van der Waals surface area (Å²) in [6.07, 6.45) is 0.